The van der Waals surface area contributed by atoms with Gasteiger partial charge in [-0.15, -0.1) is 0 Å². The van der Waals surface area contributed by atoms with E-state index in [1.807, 2.05) is 20.1 Å². The number of amides is 1. The van der Waals surface area contributed by atoms with Crippen molar-refractivity contribution in [2.75, 3.05) is 12.0 Å². The molecule has 0 saturated heterocycles. The van der Waals surface area contributed by atoms with Gasteiger partial charge in [-0.2, -0.15) is 11.8 Å². The van der Waals surface area contributed by atoms with E-state index >= 15 is 0 Å². The molecule has 2 nitrogen and oxygen atoms in total. The topological polar surface area (TPSA) is 29.1 Å². The second-order valence-corrected chi connectivity index (χ2v) is 3.45. The van der Waals surface area contributed by atoms with Crippen LogP contribution >= 0.6 is 11.8 Å². The Balaban J connectivity index is 3.26. The summed E-state index contributed by atoms with van der Waals surface area (Å²) in [6.07, 6.45) is 2.64. The molecule has 0 rings (SSSR count). The fourth-order valence-electron chi connectivity index (χ4n) is 0.589. The highest BCUT2D eigenvalue weighted by Gasteiger charge is 2.00. The van der Waals surface area contributed by atoms with Crippen molar-refractivity contribution in [2.24, 2.45) is 0 Å². The molecule has 0 unspecified atom stereocenters. The van der Waals surface area contributed by atoms with Crippen LogP contribution in [-0.2, 0) is 4.79 Å². The normalized spacial score (nSPS) is 10.0. The number of carbonyl (C=O) groups is 1. The van der Waals surface area contributed by atoms with Gasteiger partial charge in [-0.3, -0.25) is 4.79 Å². The Morgan fingerprint density at radius 2 is 2.20 bits per heavy atom. The van der Waals surface area contributed by atoms with E-state index in [1.165, 1.54) is 0 Å². The molecule has 1 amide bonds. The van der Waals surface area contributed by atoms with Gasteiger partial charge in [0.1, 0.15) is 0 Å². The molecule has 0 fully saturated rings. The average molecular weight is 161 g/mol. The molecule has 0 atom stereocenters. The van der Waals surface area contributed by atoms with Crippen molar-refractivity contribution >= 4 is 17.7 Å². The molecule has 0 saturated carbocycles. The summed E-state index contributed by atoms with van der Waals surface area (Å²) in [7, 11) is 0. The van der Waals surface area contributed by atoms with Crippen molar-refractivity contribution in [3.8, 4) is 0 Å². The number of carbonyl (C=O) groups excluding carboxylic acids is 1. The van der Waals surface area contributed by atoms with Crippen molar-refractivity contribution in [3.05, 3.63) is 0 Å². The van der Waals surface area contributed by atoms with Crippen molar-refractivity contribution in [1.29, 1.82) is 0 Å². The van der Waals surface area contributed by atoms with Gasteiger partial charge in [0.2, 0.25) is 5.91 Å². The van der Waals surface area contributed by atoms with Gasteiger partial charge in [0, 0.05) is 18.2 Å². The number of hydrogen-bond acceptors (Lipinski definition) is 2. The van der Waals surface area contributed by atoms with Crippen LogP contribution in [0.4, 0.5) is 0 Å². The van der Waals surface area contributed by atoms with Gasteiger partial charge >= 0.3 is 0 Å². The number of rotatable bonds is 4. The van der Waals surface area contributed by atoms with E-state index in [1.54, 1.807) is 11.8 Å². The van der Waals surface area contributed by atoms with E-state index in [2.05, 4.69) is 5.32 Å². The van der Waals surface area contributed by atoms with E-state index in [0.717, 1.165) is 5.75 Å². The first-order chi connectivity index (χ1) is 4.66. The molecule has 0 bridgehead atoms. The summed E-state index contributed by atoms with van der Waals surface area (Å²) in [5, 5.41) is 2.83. The van der Waals surface area contributed by atoms with Crippen LogP contribution in [0.15, 0.2) is 0 Å². The average Bonchev–Trinajstić information content (AvgIpc) is 1.82. The molecule has 10 heavy (non-hydrogen) atoms. The quantitative estimate of drug-likeness (QED) is 0.672. The molecule has 60 valence electrons. The first-order valence-electron chi connectivity index (χ1n) is 3.45. The van der Waals surface area contributed by atoms with Crippen molar-refractivity contribution < 1.29 is 4.79 Å². The summed E-state index contributed by atoms with van der Waals surface area (Å²) < 4.78 is 0. The van der Waals surface area contributed by atoms with Crippen molar-refractivity contribution in [2.45, 2.75) is 26.3 Å². The fraction of sp³-hybridized carbons (Fsp3) is 0.857. The maximum atomic E-state index is 10.9. The summed E-state index contributed by atoms with van der Waals surface area (Å²) in [5.74, 6) is 1.07. The Labute approximate surface area is 66.8 Å². The molecule has 0 aromatic heterocycles. The molecule has 0 radical (unpaired) electrons. The number of nitrogens with one attached hydrogen (secondary N) is 1. The third kappa shape index (κ3) is 5.95. The smallest absolute Gasteiger partial charge is 0.221 e. The van der Waals surface area contributed by atoms with Crippen LogP contribution in [0.3, 0.4) is 0 Å². The molecular formula is C7H15NOS. The number of hydrogen-bond donors (Lipinski definition) is 1. The lowest BCUT2D eigenvalue weighted by molar-refractivity contribution is -0.121. The summed E-state index contributed by atoms with van der Waals surface area (Å²) in [5.41, 5.74) is 0. The van der Waals surface area contributed by atoms with E-state index in [4.69, 9.17) is 0 Å². The maximum absolute atomic E-state index is 10.9. The number of thioether (sulfide) groups is 1. The minimum atomic E-state index is 0.157. The lowest BCUT2D eigenvalue weighted by Crippen LogP contribution is -2.30. The monoisotopic (exact) mass is 161 g/mol. The van der Waals surface area contributed by atoms with Crippen LogP contribution in [0.1, 0.15) is 20.3 Å². The maximum Gasteiger partial charge on any atom is 0.221 e. The fourth-order valence-corrected chi connectivity index (χ4v) is 0.978. The summed E-state index contributed by atoms with van der Waals surface area (Å²) in [6.45, 7) is 3.94. The highest BCUT2D eigenvalue weighted by molar-refractivity contribution is 7.98. The molecule has 1 N–H and O–H groups in total. The van der Waals surface area contributed by atoms with Gasteiger partial charge in [0.25, 0.3) is 0 Å². The zero-order valence-electron chi connectivity index (χ0n) is 6.81. The zero-order chi connectivity index (χ0) is 7.98. The molecule has 0 aliphatic heterocycles. The third-order valence-electron chi connectivity index (χ3n) is 0.983. The summed E-state index contributed by atoms with van der Waals surface area (Å²) >= 11 is 1.70. The van der Waals surface area contributed by atoms with Crippen LogP contribution in [-0.4, -0.2) is 24.0 Å². The molecule has 0 aromatic rings. The molecule has 0 aliphatic rings. The molecular weight excluding hydrogens is 146 g/mol. The predicted molar refractivity (Wildman–Crippen MR) is 46.3 cm³/mol. The summed E-state index contributed by atoms with van der Waals surface area (Å²) in [6, 6.07) is 0.273. The first-order valence-corrected chi connectivity index (χ1v) is 4.84. The highest BCUT2D eigenvalue weighted by Crippen LogP contribution is 1.94. The summed E-state index contributed by atoms with van der Waals surface area (Å²) in [4.78, 5) is 10.9. The molecule has 0 heterocycles. The van der Waals surface area contributed by atoms with Crippen molar-refractivity contribution in [1.82, 2.24) is 5.32 Å². The van der Waals surface area contributed by atoms with Gasteiger partial charge in [-0.1, -0.05) is 0 Å². The van der Waals surface area contributed by atoms with E-state index in [9.17, 15) is 4.79 Å². The Hall–Kier alpha value is -0.180. The first kappa shape index (κ1) is 9.82. The van der Waals surface area contributed by atoms with Crippen LogP contribution in [0.5, 0.6) is 0 Å². The van der Waals surface area contributed by atoms with E-state index < -0.39 is 0 Å². The largest absolute Gasteiger partial charge is 0.354 e. The molecule has 0 spiro atoms. The van der Waals surface area contributed by atoms with Crippen LogP contribution in [0.25, 0.3) is 0 Å². The third-order valence-corrected chi connectivity index (χ3v) is 1.60. The Morgan fingerprint density at radius 3 is 2.60 bits per heavy atom. The van der Waals surface area contributed by atoms with Gasteiger partial charge in [-0.25, -0.2) is 0 Å². The zero-order valence-corrected chi connectivity index (χ0v) is 7.62. The molecule has 3 heteroatoms. The van der Waals surface area contributed by atoms with E-state index in [-0.39, 0.29) is 11.9 Å². The standard InChI is InChI=1S/C7H15NOS/c1-6(2)8-7(9)4-5-10-3/h6H,4-5H2,1-3H3,(H,8,9). The minimum Gasteiger partial charge on any atom is -0.354 e. The molecule has 0 aromatic carbocycles. The van der Waals surface area contributed by atoms with Crippen LogP contribution in [0.2, 0.25) is 0 Å². The molecule has 0 aliphatic carbocycles. The second kappa shape index (κ2) is 5.59. The van der Waals surface area contributed by atoms with E-state index in [0.29, 0.717) is 6.42 Å². The van der Waals surface area contributed by atoms with Gasteiger partial charge in [0.15, 0.2) is 0 Å². The minimum absolute atomic E-state index is 0.157. The SMILES string of the molecule is CSCCC(=O)NC(C)C. The van der Waals surface area contributed by atoms with Crippen molar-refractivity contribution in [3.63, 3.8) is 0 Å². The Morgan fingerprint density at radius 1 is 1.60 bits per heavy atom. The van der Waals surface area contributed by atoms with Gasteiger partial charge < -0.3 is 5.32 Å². The second-order valence-electron chi connectivity index (χ2n) is 2.47. The van der Waals surface area contributed by atoms with Gasteiger partial charge in [0.05, 0.1) is 0 Å². The Kier molecular flexibility index (Phi) is 5.49. The van der Waals surface area contributed by atoms with Crippen LogP contribution < -0.4 is 5.32 Å². The predicted octanol–water partition coefficient (Wildman–Crippen LogP) is 1.26. The van der Waals surface area contributed by atoms with Gasteiger partial charge in [-0.05, 0) is 20.1 Å². The lowest BCUT2D eigenvalue weighted by Gasteiger charge is -2.06. The highest BCUT2D eigenvalue weighted by atomic mass is 32.2. The van der Waals surface area contributed by atoms with Crippen LogP contribution in [0, 0.1) is 0 Å². The Bertz CT molecular complexity index is 104. The lowest BCUT2D eigenvalue weighted by atomic mass is 10.3.